The van der Waals surface area contributed by atoms with E-state index in [0.717, 1.165) is 16.6 Å². The Balaban J connectivity index is 2.01. The summed E-state index contributed by atoms with van der Waals surface area (Å²) in [4.78, 5) is 7.16. The normalized spacial score (nSPS) is 11.5. The Morgan fingerprint density at radius 3 is 2.77 bits per heavy atom. The minimum atomic E-state index is -3.74. The number of hydrogen-bond acceptors (Lipinski definition) is 4. The van der Waals surface area contributed by atoms with Gasteiger partial charge in [-0.3, -0.25) is 4.72 Å². The molecule has 0 aliphatic heterocycles. The second kappa shape index (κ2) is 5.34. The first-order valence-electron chi connectivity index (χ1n) is 6.60. The van der Waals surface area contributed by atoms with Crippen molar-refractivity contribution in [2.75, 3.05) is 11.8 Å². The van der Waals surface area contributed by atoms with E-state index in [1.165, 1.54) is 7.11 Å². The summed E-state index contributed by atoms with van der Waals surface area (Å²) < 4.78 is 32.9. The monoisotopic (exact) mass is 317 g/mol. The lowest BCUT2D eigenvalue weighted by Gasteiger charge is -2.12. The van der Waals surface area contributed by atoms with Crippen molar-refractivity contribution < 1.29 is 13.2 Å². The molecule has 0 bridgehead atoms. The van der Waals surface area contributed by atoms with E-state index in [4.69, 9.17) is 4.74 Å². The molecule has 0 fully saturated rings. The summed E-state index contributed by atoms with van der Waals surface area (Å²) in [7, 11) is -2.29. The van der Waals surface area contributed by atoms with Gasteiger partial charge in [0.25, 0.3) is 10.0 Å². The summed E-state index contributed by atoms with van der Waals surface area (Å²) in [6, 6.07) is 10.1. The van der Waals surface area contributed by atoms with E-state index in [1.807, 2.05) is 6.92 Å². The Morgan fingerprint density at radius 1 is 1.18 bits per heavy atom. The number of sulfonamides is 1. The van der Waals surface area contributed by atoms with E-state index in [2.05, 4.69) is 14.7 Å². The van der Waals surface area contributed by atoms with Gasteiger partial charge in [-0.05, 0) is 42.8 Å². The zero-order valence-corrected chi connectivity index (χ0v) is 12.9. The minimum Gasteiger partial charge on any atom is -0.495 e. The predicted octanol–water partition coefficient (Wildman–Crippen LogP) is 2.68. The SMILES string of the molecule is COc1ccc(C)cc1S(=O)(=O)Nc1ccc2nc[nH]c2c1. The number of nitrogens with zero attached hydrogens (tertiary/aromatic N) is 1. The van der Waals surface area contributed by atoms with Crippen LogP contribution in [0.15, 0.2) is 47.6 Å². The summed E-state index contributed by atoms with van der Waals surface area (Å²) in [5.74, 6) is 0.306. The summed E-state index contributed by atoms with van der Waals surface area (Å²) in [6.07, 6.45) is 1.56. The predicted molar refractivity (Wildman–Crippen MR) is 84.6 cm³/mol. The number of imidazole rings is 1. The van der Waals surface area contributed by atoms with E-state index >= 15 is 0 Å². The Bertz CT molecular complexity index is 932. The van der Waals surface area contributed by atoms with Crippen molar-refractivity contribution in [3.05, 3.63) is 48.3 Å². The first-order valence-corrected chi connectivity index (χ1v) is 8.08. The first kappa shape index (κ1) is 14.4. The van der Waals surface area contributed by atoms with Gasteiger partial charge >= 0.3 is 0 Å². The fourth-order valence-electron chi connectivity index (χ4n) is 2.20. The number of aromatic amines is 1. The van der Waals surface area contributed by atoms with Crippen molar-refractivity contribution in [3.63, 3.8) is 0 Å². The molecule has 2 N–H and O–H groups in total. The molecule has 7 heteroatoms. The molecule has 0 atom stereocenters. The number of fused-ring (bicyclic) bond motifs is 1. The average Bonchev–Trinajstić information content (AvgIpc) is 2.94. The highest BCUT2D eigenvalue weighted by Crippen LogP contribution is 2.27. The third-order valence-corrected chi connectivity index (χ3v) is 4.68. The van der Waals surface area contributed by atoms with E-state index < -0.39 is 10.0 Å². The molecule has 22 heavy (non-hydrogen) atoms. The topological polar surface area (TPSA) is 84.1 Å². The molecular weight excluding hydrogens is 302 g/mol. The van der Waals surface area contributed by atoms with Gasteiger partial charge in [0.15, 0.2) is 0 Å². The molecule has 0 aliphatic rings. The van der Waals surface area contributed by atoms with Gasteiger partial charge < -0.3 is 9.72 Å². The van der Waals surface area contributed by atoms with E-state index in [9.17, 15) is 8.42 Å². The van der Waals surface area contributed by atoms with Gasteiger partial charge in [-0.25, -0.2) is 13.4 Å². The summed E-state index contributed by atoms with van der Waals surface area (Å²) in [5, 5.41) is 0. The van der Waals surface area contributed by atoms with Gasteiger partial charge in [0, 0.05) is 0 Å². The van der Waals surface area contributed by atoms with Crippen molar-refractivity contribution in [1.29, 1.82) is 0 Å². The van der Waals surface area contributed by atoms with E-state index in [0.29, 0.717) is 11.4 Å². The molecule has 0 unspecified atom stereocenters. The minimum absolute atomic E-state index is 0.111. The highest BCUT2D eigenvalue weighted by atomic mass is 32.2. The van der Waals surface area contributed by atoms with Crippen LogP contribution in [0.3, 0.4) is 0 Å². The number of hydrogen-bond donors (Lipinski definition) is 2. The van der Waals surface area contributed by atoms with Crippen LogP contribution in [0.25, 0.3) is 11.0 Å². The van der Waals surface area contributed by atoms with Gasteiger partial charge in [-0.2, -0.15) is 0 Å². The maximum Gasteiger partial charge on any atom is 0.265 e. The van der Waals surface area contributed by atoms with E-state index in [1.54, 1.807) is 42.7 Å². The lowest BCUT2D eigenvalue weighted by atomic mass is 10.2. The zero-order chi connectivity index (χ0) is 15.7. The van der Waals surface area contributed by atoms with Crippen LogP contribution >= 0.6 is 0 Å². The number of aromatic nitrogens is 2. The summed E-state index contributed by atoms with van der Waals surface area (Å²) >= 11 is 0. The number of benzene rings is 2. The Morgan fingerprint density at radius 2 is 2.00 bits per heavy atom. The number of H-pyrrole nitrogens is 1. The fourth-order valence-corrected chi connectivity index (χ4v) is 3.51. The largest absolute Gasteiger partial charge is 0.495 e. The molecule has 1 aromatic heterocycles. The molecule has 2 aromatic carbocycles. The Kier molecular flexibility index (Phi) is 3.50. The zero-order valence-electron chi connectivity index (χ0n) is 12.1. The number of nitrogens with one attached hydrogen (secondary N) is 2. The van der Waals surface area contributed by atoms with Crippen molar-refractivity contribution in [2.24, 2.45) is 0 Å². The number of aryl methyl sites for hydroxylation is 1. The third-order valence-electron chi connectivity index (χ3n) is 3.28. The van der Waals surface area contributed by atoms with Crippen molar-refractivity contribution in [3.8, 4) is 5.75 Å². The highest BCUT2D eigenvalue weighted by Gasteiger charge is 2.20. The average molecular weight is 317 g/mol. The molecule has 0 radical (unpaired) electrons. The van der Waals surface area contributed by atoms with Gasteiger partial charge in [-0.15, -0.1) is 0 Å². The van der Waals surface area contributed by atoms with Gasteiger partial charge in [0.1, 0.15) is 10.6 Å². The molecule has 0 spiro atoms. The third kappa shape index (κ3) is 2.62. The fraction of sp³-hybridized carbons (Fsp3) is 0.133. The molecule has 1 heterocycles. The quantitative estimate of drug-likeness (QED) is 0.775. The van der Waals surface area contributed by atoms with Gasteiger partial charge in [-0.1, -0.05) is 6.07 Å². The highest BCUT2D eigenvalue weighted by molar-refractivity contribution is 7.92. The second-order valence-electron chi connectivity index (χ2n) is 4.89. The second-order valence-corrected chi connectivity index (χ2v) is 6.55. The van der Waals surface area contributed by atoms with Crippen LogP contribution in [0, 0.1) is 6.92 Å². The Labute approximate surface area is 128 Å². The maximum absolute atomic E-state index is 12.6. The van der Waals surface area contributed by atoms with Crippen LogP contribution in [0.1, 0.15) is 5.56 Å². The van der Waals surface area contributed by atoms with Crippen LogP contribution in [0.4, 0.5) is 5.69 Å². The van der Waals surface area contributed by atoms with Crippen LogP contribution in [0.5, 0.6) is 5.75 Å². The van der Waals surface area contributed by atoms with Crippen LogP contribution in [0.2, 0.25) is 0 Å². The molecule has 3 aromatic rings. The number of methoxy groups -OCH3 is 1. The summed E-state index contributed by atoms with van der Waals surface area (Å²) in [6.45, 7) is 1.83. The molecule has 0 saturated carbocycles. The molecule has 3 rings (SSSR count). The van der Waals surface area contributed by atoms with Gasteiger partial charge in [0.2, 0.25) is 0 Å². The van der Waals surface area contributed by atoms with Crippen molar-refractivity contribution >= 4 is 26.7 Å². The van der Waals surface area contributed by atoms with Crippen molar-refractivity contribution in [1.82, 2.24) is 9.97 Å². The summed E-state index contributed by atoms with van der Waals surface area (Å²) in [5.41, 5.74) is 2.83. The Hall–Kier alpha value is -2.54. The van der Waals surface area contributed by atoms with E-state index in [-0.39, 0.29) is 4.90 Å². The lowest BCUT2D eigenvalue weighted by molar-refractivity contribution is 0.402. The van der Waals surface area contributed by atoms with Gasteiger partial charge in [0.05, 0.1) is 30.2 Å². The standard InChI is InChI=1S/C15H15N3O3S/c1-10-3-6-14(21-2)15(7-10)22(19,20)18-11-4-5-12-13(8-11)17-9-16-12/h3-9,18H,1-2H3,(H,16,17). The number of anilines is 1. The maximum atomic E-state index is 12.6. The molecular formula is C15H15N3O3S. The smallest absolute Gasteiger partial charge is 0.265 e. The van der Waals surface area contributed by atoms with Crippen LogP contribution < -0.4 is 9.46 Å². The lowest BCUT2D eigenvalue weighted by Crippen LogP contribution is -2.14. The number of ether oxygens (including phenoxy) is 1. The van der Waals surface area contributed by atoms with Crippen molar-refractivity contribution in [2.45, 2.75) is 11.8 Å². The molecule has 6 nitrogen and oxygen atoms in total. The molecule has 0 amide bonds. The molecule has 114 valence electrons. The first-order chi connectivity index (χ1) is 10.5. The van der Waals surface area contributed by atoms with Crippen LogP contribution in [-0.4, -0.2) is 25.5 Å². The molecule has 0 saturated heterocycles. The molecule has 0 aliphatic carbocycles. The number of rotatable bonds is 4. The van der Waals surface area contributed by atoms with Crippen LogP contribution in [-0.2, 0) is 10.0 Å².